The van der Waals surface area contributed by atoms with Crippen LogP contribution in [-0.2, 0) is 29.1 Å². The van der Waals surface area contributed by atoms with E-state index in [-0.39, 0.29) is 24.9 Å². The van der Waals surface area contributed by atoms with Crippen molar-refractivity contribution in [1.82, 2.24) is 4.90 Å². The van der Waals surface area contributed by atoms with Gasteiger partial charge >= 0.3 is 6.09 Å². The highest BCUT2D eigenvalue weighted by Crippen LogP contribution is 2.27. The molecule has 7 heteroatoms. The van der Waals surface area contributed by atoms with Crippen molar-refractivity contribution >= 4 is 17.7 Å². The van der Waals surface area contributed by atoms with Gasteiger partial charge in [-0.2, -0.15) is 0 Å². The number of hydrogen-bond acceptors (Lipinski definition) is 4. The Balaban J connectivity index is 1.38. The van der Waals surface area contributed by atoms with Crippen molar-refractivity contribution in [1.29, 1.82) is 0 Å². The second-order valence-corrected chi connectivity index (χ2v) is 7.49. The molecule has 6 nitrogen and oxygen atoms in total. The van der Waals surface area contributed by atoms with Crippen LogP contribution in [0.2, 0.25) is 0 Å². The Labute approximate surface area is 185 Å². The van der Waals surface area contributed by atoms with Crippen LogP contribution in [0.15, 0.2) is 72.8 Å². The molecule has 1 heterocycles. The molecule has 3 aromatic carbocycles. The van der Waals surface area contributed by atoms with Gasteiger partial charge in [0, 0.05) is 24.3 Å². The minimum atomic E-state index is -0.562. The maximum atomic E-state index is 13.1. The Morgan fingerprint density at radius 2 is 1.81 bits per heavy atom. The molecule has 0 aromatic heterocycles. The molecule has 1 N–H and O–H groups in total. The first-order chi connectivity index (χ1) is 15.6. The average Bonchev–Trinajstić information content (AvgIpc) is 2.96. The second-order valence-electron chi connectivity index (χ2n) is 7.49. The van der Waals surface area contributed by atoms with Crippen LogP contribution in [0.3, 0.4) is 0 Å². The van der Waals surface area contributed by atoms with Crippen LogP contribution in [0.5, 0.6) is 5.75 Å². The Kier molecular flexibility index (Phi) is 6.65. The summed E-state index contributed by atoms with van der Waals surface area (Å²) in [7, 11) is 0. The lowest BCUT2D eigenvalue weighted by Crippen LogP contribution is -2.34. The molecule has 0 bridgehead atoms. The number of rotatable bonds is 6. The molecule has 0 atom stereocenters. The summed E-state index contributed by atoms with van der Waals surface area (Å²) < 4.78 is 24.0. The van der Waals surface area contributed by atoms with Crippen LogP contribution < -0.4 is 10.1 Å². The fourth-order valence-corrected chi connectivity index (χ4v) is 3.44. The molecule has 3 aromatic rings. The lowest BCUT2D eigenvalue weighted by molar-refractivity contribution is -0.133. The predicted octanol–water partition coefficient (Wildman–Crippen LogP) is 4.54. The van der Waals surface area contributed by atoms with Gasteiger partial charge in [0.15, 0.2) is 6.61 Å². The van der Waals surface area contributed by atoms with Crippen LogP contribution in [0, 0.1) is 5.82 Å². The molecule has 164 valence electrons. The van der Waals surface area contributed by atoms with Gasteiger partial charge in [0.2, 0.25) is 0 Å². The molecular weight excluding hydrogens is 411 g/mol. The Bertz CT molecular complexity index is 1090. The molecule has 1 aliphatic rings. The summed E-state index contributed by atoms with van der Waals surface area (Å²) in [4.78, 5) is 26.4. The van der Waals surface area contributed by atoms with E-state index in [9.17, 15) is 14.0 Å². The number of nitrogens with zero attached hydrogens (tertiary/aromatic N) is 1. The minimum absolute atomic E-state index is 0.0533. The lowest BCUT2D eigenvalue weighted by Gasteiger charge is -2.20. The van der Waals surface area contributed by atoms with E-state index in [0.29, 0.717) is 30.9 Å². The number of nitrogens with one attached hydrogen (secondary N) is 1. The first-order valence-electron chi connectivity index (χ1n) is 10.3. The summed E-state index contributed by atoms with van der Waals surface area (Å²) in [6.45, 7) is 0.947. The fraction of sp³-hybridized carbons (Fsp3) is 0.200. The number of ether oxygens (including phenoxy) is 2. The smallest absolute Gasteiger partial charge is 0.411 e. The van der Waals surface area contributed by atoms with Crippen LogP contribution in [0.1, 0.15) is 16.7 Å². The molecule has 0 fully saturated rings. The Morgan fingerprint density at radius 1 is 1.03 bits per heavy atom. The summed E-state index contributed by atoms with van der Waals surface area (Å²) in [5.74, 6) is 0.190. The fourth-order valence-electron chi connectivity index (χ4n) is 3.44. The zero-order valence-electron chi connectivity index (χ0n) is 17.4. The van der Waals surface area contributed by atoms with Gasteiger partial charge < -0.3 is 14.4 Å². The highest BCUT2D eigenvalue weighted by atomic mass is 19.1. The van der Waals surface area contributed by atoms with Crippen molar-refractivity contribution in [3.8, 4) is 5.75 Å². The topological polar surface area (TPSA) is 67.9 Å². The number of carbonyl (C=O) groups excluding carboxylic acids is 2. The number of carbonyl (C=O) groups is 2. The third-order valence-electron chi connectivity index (χ3n) is 5.17. The van der Waals surface area contributed by atoms with Gasteiger partial charge in [0.1, 0.15) is 18.2 Å². The van der Waals surface area contributed by atoms with Crippen molar-refractivity contribution in [3.63, 3.8) is 0 Å². The third-order valence-corrected chi connectivity index (χ3v) is 5.17. The van der Waals surface area contributed by atoms with E-state index >= 15 is 0 Å². The second kappa shape index (κ2) is 9.96. The van der Waals surface area contributed by atoms with Crippen LogP contribution >= 0.6 is 0 Å². The summed E-state index contributed by atoms with van der Waals surface area (Å²) in [5, 5.41) is 2.72. The van der Waals surface area contributed by atoms with E-state index in [1.54, 1.807) is 35.2 Å². The van der Waals surface area contributed by atoms with E-state index in [4.69, 9.17) is 9.47 Å². The first kappa shape index (κ1) is 21.4. The van der Waals surface area contributed by atoms with E-state index in [1.807, 2.05) is 30.3 Å². The third kappa shape index (κ3) is 5.63. The van der Waals surface area contributed by atoms with Gasteiger partial charge in [-0.1, -0.05) is 42.5 Å². The number of hydrogen-bond donors (Lipinski definition) is 1. The lowest BCUT2D eigenvalue weighted by atomic mass is 10.1. The van der Waals surface area contributed by atoms with Crippen LogP contribution in [0.4, 0.5) is 14.9 Å². The van der Waals surface area contributed by atoms with Gasteiger partial charge in [-0.05, 0) is 47.9 Å². The number of anilines is 1. The van der Waals surface area contributed by atoms with Crippen molar-refractivity contribution in [3.05, 3.63) is 95.3 Å². The quantitative estimate of drug-likeness (QED) is 0.619. The largest absolute Gasteiger partial charge is 0.483 e. The molecule has 0 spiro atoms. The first-order valence-corrected chi connectivity index (χ1v) is 10.3. The maximum absolute atomic E-state index is 13.1. The molecular formula is C25H23FN2O4. The summed E-state index contributed by atoms with van der Waals surface area (Å²) >= 11 is 0. The van der Waals surface area contributed by atoms with Gasteiger partial charge in [0.05, 0.1) is 0 Å². The van der Waals surface area contributed by atoms with Gasteiger partial charge in [-0.25, -0.2) is 9.18 Å². The molecule has 0 unspecified atom stereocenters. The van der Waals surface area contributed by atoms with E-state index in [2.05, 4.69) is 5.32 Å². The van der Waals surface area contributed by atoms with Crippen LogP contribution in [0.25, 0.3) is 0 Å². The van der Waals surface area contributed by atoms with Gasteiger partial charge in [-0.15, -0.1) is 0 Å². The van der Waals surface area contributed by atoms with Crippen molar-refractivity contribution in [2.75, 3.05) is 18.5 Å². The van der Waals surface area contributed by atoms with E-state index < -0.39 is 6.09 Å². The zero-order chi connectivity index (χ0) is 22.3. The highest BCUT2D eigenvalue weighted by Gasteiger charge is 2.22. The number of benzene rings is 3. The predicted molar refractivity (Wildman–Crippen MR) is 118 cm³/mol. The zero-order valence-corrected chi connectivity index (χ0v) is 17.4. The molecule has 0 aliphatic carbocycles. The molecule has 0 saturated heterocycles. The number of amides is 2. The number of fused-ring (bicyclic) bond motifs is 1. The molecule has 32 heavy (non-hydrogen) atoms. The van der Waals surface area contributed by atoms with Crippen molar-refractivity contribution in [2.45, 2.75) is 19.6 Å². The van der Waals surface area contributed by atoms with E-state index in [0.717, 1.165) is 16.7 Å². The number of halogens is 1. The normalized spacial score (nSPS) is 13.0. The van der Waals surface area contributed by atoms with Gasteiger partial charge in [-0.3, -0.25) is 10.1 Å². The highest BCUT2D eigenvalue weighted by molar-refractivity contribution is 5.85. The van der Waals surface area contributed by atoms with Crippen LogP contribution in [-0.4, -0.2) is 30.1 Å². The maximum Gasteiger partial charge on any atom is 0.411 e. The SMILES string of the molecule is O=C(Nc1ccc2c(c1)CN(CCc1ccc(F)cc1)C(=O)CO2)OCc1ccccc1. The Hall–Kier alpha value is -3.87. The molecule has 0 saturated carbocycles. The summed E-state index contributed by atoms with van der Waals surface area (Å²) in [5.41, 5.74) is 3.18. The van der Waals surface area contributed by atoms with Gasteiger partial charge in [0.25, 0.3) is 5.91 Å². The molecule has 1 aliphatic heterocycles. The van der Waals surface area contributed by atoms with Crippen molar-refractivity contribution < 1.29 is 23.5 Å². The Morgan fingerprint density at radius 3 is 2.59 bits per heavy atom. The minimum Gasteiger partial charge on any atom is -0.483 e. The average molecular weight is 434 g/mol. The molecule has 2 amide bonds. The summed E-state index contributed by atoms with van der Waals surface area (Å²) in [6, 6.07) is 20.9. The molecule has 4 rings (SSSR count). The standard InChI is InChI=1S/C25H23FN2O4/c26-21-8-6-18(7-9-21)12-13-28-15-20-14-22(10-11-23(20)31-17-24(28)29)27-25(30)32-16-19-4-2-1-3-5-19/h1-11,14H,12-13,15-17H2,(H,27,30). The summed E-state index contributed by atoms with van der Waals surface area (Å²) in [6.07, 6.45) is 0.0399. The molecule has 0 radical (unpaired) electrons. The monoisotopic (exact) mass is 434 g/mol. The van der Waals surface area contributed by atoms with E-state index in [1.165, 1.54) is 12.1 Å². The van der Waals surface area contributed by atoms with Crippen molar-refractivity contribution in [2.24, 2.45) is 0 Å².